The number of ether oxygens (including phenoxy) is 3. The first-order valence-electron chi connectivity index (χ1n) is 11.4. The third-order valence-corrected chi connectivity index (χ3v) is 5.10. The van der Waals surface area contributed by atoms with Gasteiger partial charge in [0.15, 0.2) is 17.6 Å². The lowest BCUT2D eigenvalue weighted by Gasteiger charge is -2.35. The van der Waals surface area contributed by atoms with Crippen LogP contribution in [0.25, 0.3) is 6.08 Å². The number of phenols is 2. The molecule has 1 aliphatic rings. The lowest BCUT2D eigenvalue weighted by atomic mass is 9.97. The zero-order valence-electron chi connectivity index (χ0n) is 20.1. The van der Waals surface area contributed by atoms with E-state index in [4.69, 9.17) is 14.2 Å². The van der Waals surface area contributed by atoms with Crippen molar-refractivity contribution in [1.82, 2.24) is 10.6 Å². The molecular weight excluding hydrogens is 492 g/mol. The normalized spacial score (nSPS) is 17.7. The fourth-order valence-corrected chi connectivity index (χ4v) is 3.41. The summed E-state index contributed by atoms with van der Waals surface area (Å²) in [6.45, 7) is 0.953. The highest BCUT2D eigenvalue weighted by atomic mass is 16.6. The van der Waals surface area contributed by atoms with Crippen LogP contribution in [0.3, 0.4) is 0 Å². The number of phenolic OH excluding ortho intramolecular Hbond substituents is 2. The van der Waals surface area contributed by atoms with Gasteiger partial charge in [-0.25, -0.2) is 14.4 Å². The Kier molecular flexibility index (Phi) is 11.2. The van der Waals surface area contributed by atoms with Crippen LogP contribution < -0.4 is 10.6 Å². The number of aromatic hydroxyl groups is 2. The molecule has 2 rings (SSSR count). The Hall–Kier alpha value is -4.26. The van der Waals surface area contributed by atoms with Gasteiger partial charge in [0.1, 0.15) is 6.10 Å². The Morgan fingerprint density at radius 2 is 1.97 bits per heavy atom. The molecule has 2 amide bonds. The Labute approximate surface area is 212 Å². The average molecular weight is 523 g/mol. The molecule has 0 radical (unpaired) electrons. The SMILES string of the molecule is CC(=O)N[C@@H]1CC=C(C(=O)O)O[C@H]1[C@@H](CCO)OC(=O)NCCCOC(=O)/C=C/c1ccc(O)c(O)c1. The van der Waals surface area contributed by atoms with Gasteiger partial charge in [-0.2, -0.15) is 0 Å². The van der Waals surface area contributed by atoms with Crippen LogP contribution in [0.2, 0.25) is 0 Å². The van der Waals surface area contributed by atoms with E-state index in [1.165, 1.54) is 37.3 Å². The predicted molar refractivity (Wildman–Crippen MR) is 127 cm³/mol. The number of alkyl carbamates (subject to hydrolysis) is 1. The first-order chi connectivity index (χ1) is 17.6. The van der Waals surface area contributed by atoms with Gasteiger partial charge in [-0.3, -0.25) is 4.79 Å². The van der Waals surface area contributed by atoms with Crippen molar-refractivity contribution in [2.24, 2.45) is 0 Å². The minimum Gasteiger partial charge on any atom is -0.504 e. The van der Waals surface area contributed by atoms with E-state index < -0.39 is 36.3 Å². The van der Waals surface area contributed by atoms with E-state index in [1.54, 1.807) is 0 Å². The van der Waals surface area contributed by atoms with E-state index >= 15 is 0 Å². The van der Waals surface area contributed by atoms with Gasteiger partial charge in [-0.1, -0.05) is 6.07 Å². The molecule has 1 heterocycles. The molecule has 13 nitrogen and oxygen atoms in total. The fourth-order valence-electron chi connectivity index (χ4n) is 3.41. The van der Waals surface area contributed by atoms with Gasteiger partial charge >= 0.3 is 18.0 Å². The highest BCUT2D eigenvalue weighted by Gasteiger charge is 2.38. The second kappa shape index (κ2) is 14.3. The monoisotopic (exact) mass is 522 g/mol. The maximum Gasteiger partial charge on any atom is 0.407 e. The molecular formula is C24H30N2O11. The molecule has 1 aromatic carbocycles. The quantitative estimate of drug-likeness (QED) is 0.0980. The van der Waals surface area contributed by atoms with E-state index in [-0.39, 0.29) is 62.2 Å². The number of hydrogen-bond donors (Lipinski definition) is 6. The van der Waals surface area contributed by atoms with Crippen molar-refractivity contribution >= 4 is 30.0 Å². The molecule has 0 unspecified atom stereocenters. The van der Waals surface area contributed by atoms with Crippen molar-refractivity contribution in [3.63, 3.8) is 0 Å². The molecule has 3 atom stereocenters. The van der Waals surface area contributed by atoms with E-state index in [0.717, 1.165) is 6.08 Å². The third-order valence-electron chi connectivity index (χ3n) is 5.10. The number of rotatable bonds is 12. The summed E-state index contributed by atoms with van der Waals surface area (Å²) in [5, 5.41) is 42.4. The van der Waals surface area contributed by atoms with Crippen molar-refractivity contribution in [2.45, 2.75) is 44.4 Å². The second-order valence-corrected chi connectivity index (χ2v) is 7.98. The topological polar surface area (TPSA) is 201 Å². The Morgan fingerprint density at radius 3 is 2.62 bits per heavy atom. The molecule has 1 aliphatic heterocycles. The summed E-state index contributed by atoms with van der Waals surface area (Å²) >= 11 is 0. The first-order valence-corrected chi connectivity index (χ1v) is 11.4. The highest BCUT2D eigenvalue weighted by molar-refractivity contribution is 5.87. The van der Waals surface area contributed by atoms with Gasteiger partial charge in [0, 0.05) is 32.6 Å². The maximum absolute atomic E-state index is 12.3. The maximum atomic E-state index is 12.3. The molecule has 0 aliphatic carbocycles. The predicted octanol–water partition coefficient (Wildman–Crippen LogP) is 0.784. The molecule has 1 aromatic rings. The molecule has 0 spiro atoms. The molecule has 0 fully saturated rings. The van der Waals surface area contributed by atoms with Crippen LogP contribution in [0.1, 0.15) is 31.7 Å². The van der Waals surface area contributed by atoms with Gasteiger partial charge in [0.05, 0.1) is 12.6 Å². The number of carboxylic acid groups (broad SMARTS) is 1. The van der Waals surface area contributed by atoms with E-state index in [2.05, 4.69) is 10.6 Å². The van der Waals surface area contributed by atoms with Gasteiger partial charge in [0.2, 0.25) is 11.7 Å². The van der Waals surface area contributed by atoms with Crippen LogP contribution in [0.15, 0.2) is 36.1 Å². The zero-order chi connectivity index (χ0) is 27.4. The molecule has 0 saturated heterocycles. The number of carboxylic acids is 1. The summed E-state index contributed by atoms with van der Waals surface area (Å²) in [5.41, 5.74) is 0.475. The number of amides is 2. The van der Waals surface area contributed by atoms with Crippen LogP contribution in [0, 0.1) is 0 Å². The second-order valence-electron chi connectivity index (χ2n) is 7.98. The minimum atomic E-state index is -1.32. The summed E-state index contributed by atoms with van der Waals surface area (Å²) in [7, 11) is 0. The van der Waals surface area contributed by atoms with Crippen LogP contribution in [-0.2, 0) is 28.6 Å². The smallest absolute Gasteiger partial charge is 0.407 e. The number of aliphatic carboxylic acids is 1. The van der Waals surface area contributed by atoms with Crippen molar-refractivity contribution in [3.8, 4) is 11.5 Å². The number of benzene rings is 1. The Morgan fingerprint density at radius 1 is 1.22 bits per heavy atom. The summed E-state index contributed by atoms with van der Waals surface area (Å²) < 4.78 is 15.8. The number of esters is 1. The molecule has 6 N–H and O–H groups in total. The molecule has 13 heteroatoms. The lowest BCUT2D eigenvalue weighted by Crippen LogP contribution is -2.53. The fraction of sp³-hybridized carbons (Fsp3) is 0.417. The van der Waals surface area contributed by atoms with Crippen molar-refractivity contribution in [1.29, 1.82) is 0 Å². The highest BCUT2D eigenvalue weighted by Crippen LogP contribution is 2.26. The average Bonchev–Trinajstić information content (AvgIpc) is 2.84. The minimum absolute atomic E-state index is 0.0204. The van der Waals surface area contributed by atoms with Crippen LogP contribution in [0.5, 0.6) is 11.5 Å². The number of hydrogen-bond acceptors (Lipinski definition) is 10. The van der Waals surface area contributed by atoms with Crippen LogP contribution in [-0.4, -0.2) is 82.4 Å². The van der Waals surface area contributed by atoms with Crippen molar-refractivity contribution in [2.75, 3.05) is 19.8 Å². The summed E-state index contributed by atoms with van der Waals surface area (Å²) in [4.78, 5) is 46.9. The zero-order valence-corrected chi connectivity index (χ0v) is 20.1. The van der Waals surface area contributed by atoms with Crippen molar-refractivity contribution < 1.29 is 53.8 Å². The molecule has 0 saturated carbocycles. The summed E-state index contributed by atoms with van der Waals surface area (Å²) in [6, 6.07) is 3.36. The van der Waals surface area contributed by atoms with Gasteiger partial charge in [-0.15, -0.1) is 0 Å². The third kappa shape index (κ3) is 9.72. The number of aliphatic hydroxyl groups is 1. The Bertz CT molecular complexity index is 1040. The largest absolute Gasteiger partial charge is 0.504 e. The van der Waals surface area contributed by atoms with Gasteiger partial charge < -0.3 is 45.3 Å². The van der Waals surface area contributed by atoms with E-state index in [1.807, 2.05) is 0 Å². The van der Waals surface area contributed by atoms with Crippen molar-refractivity contribution in [3.05, 3.63) is 41.7 Å². The lowest BCUT2D eigenvalue weighted by molar-refractivity contribution is -0.141. The van der Waals surface area contributed by atoms with Gasteiger partial charge in [0.25, 0.3) is 0 Å². The molecule has 37 heavy (non-hydrogen) atoms. The molecule has 202 valence electrons. The van der Waals surface area contributed by atoms with Crippen LogP contribution >= 0.6 is 0 Å². The number of carbonyl (C=O) groups is 4. The van der Waals surface area contributed by atoms with Gasteiger partial charge in [-0.05, 0) is 42.7 Å². The Balaban J connectivity index is 1.81. The number of carbonyl (C=O) groups excluding carboxylic acids is 3. The number of aliphatic hydroxyl groups excluding tert-OH is 1. The van der Waals surface area contributed by atoms with E-state index in [9.17, 15) is 39.6 Å². The standard InChI is InChI=1S/C24H30N2O11/c1-14(28)26-16-5-7-20(23(32)33)36-22(16)19(9-11-27)37-24(34)25-10-2-12-35-21(31)8-4-15-3-6-17(29)18(30)13-15/h3-4,6-8,13,16,19,22,27,29-30H,2,5,9-12H2,1H3,(H,25,34)(H,26,28)(H,32,33)/b8-4+/t16-,19-,22-/m1/s1. The summed E-state index contributed by atoms with van der Waals surface area (Å²) in [6.07, 6.45) is 1.19. The summed E-state index contributed by atoms with van der Waals surface area (Å²) in [5.74, 6) is -3.31. The number of nitrogens with one attached hydrogen (secondary N) is 2. The molecule has 0 bridgehead atoms. The first kappa shape index (κ1) is 29.0. The van der Waals surface area contributed by atoms with E-state index in [0.29, 0.717) is 5.56 Å². The van der Waals surface area contributed by atoms with Crippen LogP contribution in [0.4, 0.5) is 4.79 Å². The molecule has 0 aromatic heterocycles.